The first-order valence-corrected chi connectivity index (χ1v) is 5.41. The molecule has 0 rings (SSSR count). The summed E-state index contributed by atoms with van der Waals surface area (Å²) in [6.07, 6.45) is 3.93. The van der Waals surface area contributed by atoms with Gasteiger partial charge in [0.25, 0.3) is 0 Å². The summed E-state index contributed by atoms with van der Waals surface area (Å²) in [4.78, 5) is 2.48. The van der Waals surface area contributed by atoms with Crippen molar-refractivity contribution in [3.63, 3.8) is 0 Å². The molecule has 74 valence electrons. The minimum Gasteiger partial charge on any atom is -0.303 e. The highest BCUT2D eigenvalue weighted by atomic mass is 15.1. The van der Waals surface area contributed by atoms with Gasteiger partial charge in [-0.25, -0.2) is 0 Å². The summed E-state index contributed by atoms with van der Waals surface area (Å²) in [5.41, 5.74) is 0. The zero-order valence-corrected chi connectivity index (χ0v) is 9.43. The summed E-state index contributed by atoms with van der Waals surface area (Å²) in [6, 6.07) is 0.796. The molecule has 0 saturated carbocycles. The molecule has 1 unspecified atom stereocenters. The van der Waals surface area contributed by atoms with Crippen molar-refractivity contribution >= 4 is 0 Å². The molecule has 0 heterocycles. The van der Waals surface area contributed by atoms with Crippen LogP contribution < -0.4 is 0 Å². The lowest BCUT2D eigenvalue weighted by Gasteiger charge is -2.32. The normalized spacial score (nSPS) is 14.2. The molecule has 1 nitrogen and oxygen atoms in total. The summed E-state index contributed by atoms with van der Waals surface area (Å²) in [5, 5.41) is 0. The molecule has 0 aliphatic carbocycles. The van der Waals surface area contributed by atoms with Crippen molar-refractivity contribution in [2.75, 3.05) is 13.6 Å². The molecule has 0 saturated heterocycles. The Morgan fingerprint density at radius 2 is 1.42 bits per heavy atom. The third-order valence-electron chi connectivity index (χ3n) is 3.08. The Bertz CT molecular complexity index is 97.2. The van der Waals surface area contributed by atoms with Crippen LogP contribution in [0.2, 0.25) is 0 Å². The predicted molar refractivity (Wildman–Crippen MR) is 56.5 cm³/mol. The molecule has 12 heavy (non-hydrogen) atoms. The molecule has 0 fully saturated rings. The van der Waals surface area contributed by atoms with Gasteiger partial charge in [-0.05, 0) is 25.9 Å². The summed E-state index contributed by atoms with van der Waals surface area (Å²) >= 11 is 0. The Balaban J connectivity index is 4.09. The first kappa shape index (κ1) is 12.0. The van der Waals surface area contributed by atoms with Crippen LogP contribution in [0.4, 0.5) is 0 Å². The van der Waals surface area contributed by atoms with Crippen LogP contribution in [0.1, 0.15) is 47.0 Å². The minimum atomic E-state index is 0.796. The van der Waals surface area contributed by atoms with E-state index in [1.807, 2.05) is 0 Å². The number of rotatable bonds is 6. The molecular weight excluding hydrogens is 146 g/mol. The van der Waals surface area contributed by atoms with Crippen molar-refractivity contribution < 1.29 is 0 Å². The highest BCUT2D eigenvalue weighted by Gasteiger charge is 2.19. The molecule has 1 atom stereocenters. The standard InChI is InChI=1S/C11H25N/c1-6-10(7-2)11(8-3)12(5)9-4/h10-11H,6-9H2,1-5H3. The van der Waals surface area contributed by atoms with Crippen molar-refractivity contribution in [3.8, 4) is 0 Å². The Morgan fingerprint density at radius 3 is 1.67 bits per heavy atom. The Morgan fingerprint density at radius 1 is 0.917 bits per heavy atom. The minimum absolute atomic E-state index is 0.796. The van der Waals surface area contributed by atoms with E-state index in [1.54, 1.807) is 0 Å². The average molecular weight is 171 g/mol. The van der Waals surface area contributed by atoms with Crippen LogP contribution in [0.3, 0.4) is 0 Å². The van der Waals surface area contributed by atoms with Gasteiger partial charge >= 0.3 is 0 Å². The van der Waals surface area contributed by atoms with E-state index in [0.717, 1.165) is 12.0 Å². The van der Waals surface area contributed by atoms with Crippen LogP contribution >= 0.6 is 0 Å². The van der Waals surface area contributed by atoms with E-state index in [4.69, 9.17) is 0 Å². The molecule has 0 aromatic rings. The lowest BCUT2D eigenvalue weighted by molar-refractivity contribution is 0.169. The van der Waals surface area contributed by atoms with Crippen molar-refractivity contribution in [3.05, 3.63) is 0 Å². The number of nitrogens with zero attached hydrogens (tertiary/aromatic N) is 1. The van der Waals surface area contributed by atoms with E-state index in [-0.39, 0.29) is 0 Å². The maximum Gasteiger partial charge on any atom is 0.0117 e. The molecule has 0 spiro atoms. The molecular formula is C11H25N. The van der Waals surface area contributed by atoms with E-state index in [0.29, 0.717) is 0 Å². The zero-order valence-electron chi connectivity index (χ0n) is 9.43. The van der Waals surface area contributed by atoms with Gasteiger partial charge in [0.05, 0.1) is 0 Å². The maximum atomic E-state index is 2.48. The summed E-state index contributed by atoms with van der Waals surface area (Å²) in [6.45, 7) is 10.3. The predicted octanol–water partition coefficient (Wildman–Crippen LogP) is 3.15. The van der Waals surface area contributed by atoms with Gasteiger partial charge in [-0.1, -0.05) is 40.5 Å². The Hall–Kier alpha value is -0.0400. The molecule has 0 N–H and O–H groups in total. The van der Waals surface area contributed by atoms with Crippen molar-refractivity contribution in [1.82, 2.24) is 4.90 Å². The summed E-state index contributed by atoms with van der Waals surface area (Å²) in [7, 11) is 2.24. The van der Waals surface area contributed by atoms with Gasteiger partial charge in [0.15, 0.2) is 0 Å². The van der Waals surface area contributed by atoms with Gasteiger partial charge < -0.3 is 4.90 Å². The van der Waals surface area contributed by atoms with Gasteiger partial charge in [0.1, 0.15) is 0 Å². The lowest BCUT2D eigenvalue weighted by Crippen LogP contribution is -2.36. The van der Waals surface area contributed by atoms with E-state index in [2.05, 4.69) is 39.6 Å². The monoisotopic (exact) mass is 171 g/mol. The van der Waals surface area contributed by atoms with Crippen LogP contribution in [-0.2, 0) is 0 Å². The fourth-order valence-corrected chi connectivity index (χ4v) is 2.07. The molecule has 0 bridgehead atoms. The molecule has 1 heteroatoms. The van der Waals surface area contributed by atoms with E-state index < -0.39 is 0 Å². The second-order valence-electron chi connectivity index (χ2n) is 3.63. The first-order valence-electron chi connectivity index (χ1n) is 5.41. The van der Waals surface area contributed by atoms with Crippen molar-refractivity contribution in [2.24, 2.45) is 5.92 Å². The van der Waals surface area contributed by atoms with Crippen LogP contribution in [0.15, 0.2) is 0 Å². The van der Waals surface area contributed by atoms with Crippen LogP contribution in [0, 0.1) is 5.92 Å². The molecule has 0 aliphatic heterocycles. The topological polar surface area (TPSA) is 3.24 Å². The molecule has 0 amide bonds. The molecule has 0 radical (unpaired) electrons. The quantitative estimate of drug-likeness (QED) is 0.593. The van der Waals surface area contributed by atoms with Crippen LogP contribution in [0.5, 0.6) is 0 Å². The lowest BCUT2D eigenvalue weighted by atomic mass is 9.91. The van der Waals surface area contributed by atoms with Gasteiger partial charge in [-0.3, -0.25) is 0 Å². The van der Waals surface area contributed by atoms with Gasteiger partial charge in [-0.15, -0.1) is 0 Å². The number of hydrogen-bond donors (Lipinski definition) is 0. The maximum absolute atomic E-state index is 2.48. The van der Waals surface area contributed by atoms with Crippen LogP contribution in [-0.4, -0.2) is 24.5 Å². The smallest absolute Gasteiger partial charge is 0.0117 e. The summed E-state index contributed by atoms with van der Waals surface area (Å²) < 4.78 is 0. The second-order valence-corrected chi connectivity index (χ2v) is 3.63. The highest BCUT2D eigenvalue weighted by Crippen LogP contribution is 2.19. The van der Waals surface area contributed by atoms with Gasteiger partial charge in [-0.2, -0.15) is 0 Å². The van der Waals surface area contributed by atoms with E-state index in [1.165, 1.54) is 25.8 Å². The first-order chi connectivity index (χ1) is 5.71. The second kappa shape index (κ2) is 6.47. The molecule has 0 aliphatic rings. The van der Waals surface area contributed by atoms with E-state index >= 15 is 0 Å². The molecule has 0 aromatic heterocycles. The van der Waals surface area contributed by atoms with Gasteiger partial charge in [0.2, 0.25) is 0 Å². The fourth-order valence-electron chi connectivity index (χ4n) is 2.07. The number of hydrogen-bond acceptors (Lipinski definition) is 1. The van der Waals surface area contributed by atoms with E-state index in [9.17, 15) is 0 Å². The van der Waals surface area contributed by atoms with Crippen LogP contribution in [0.25, 0.3) is 0 Å². The SMILES string of the molecule is CCC(CC)C(CC)N(C)CC. The average Bonchev–Trinajstić information content (AvgIpc) is 2.12. The Labute approximate surface area is 78.1 Å². The summed E-state index contributed by atoms with van der Waals surface area (Å²) in [5.74, 6) is 0.889. The molecule has 0 aromatic carbocycles. The Kier molecular flexibility index (Phi) is 6.45. The van der Waals surface area contributed by atoms with Crippen molar-refractivity contribution in [1.29, 1.82) is 0 Å². The van der Waals surface area contributed by atoms with Crippen molar-refractivity contribution in [2.45, 2.75) is 53.0 Å². The highest BCUT2D eigenvalue weighted by molar-refractivity contribution is 4.73. The van der Waals surface area contributed by atoms with Gasteiger partial charge in [0, 0.05) is 6.04 Å². The zero-order chi connectivity index (χ0) is 9.56. The largest absolute Gasteiger partial charge is 0.303 e. The third-order valence-corrected chi connectivity index (χ3v) is 3.08. The fraction of sp³-hybridized carbons (Fsp3) is 1.00. The third kappa shape index (κ3) is 3.14.